The lowest BCUT2D eigenvalue weighted by Gasteiger charge is -2.27. The van der Waals surface area contributed by atoms with Gasteiger partial charge in [-0.25, -0.2) is 9.18 Å². The smallest absolute Gasteiger partial charge is 0.343 e. The van der Waals surface area contributed by atoms with E-state index in [1.807, 2.05) is 13.0 Å². The van der Waals surface area contributed by atoms with Gasteiger partial charge >= 0.3 is 5.97 Å². The summed E-state index contributed by atoms with van der Waals surface area (Å²) < 4.78 is 36.4. The Morgan fingerprint density at radius 1 is 1.02 bits per heavy atom. The quantitative estimate of drug-likeness (QED) is 0.182. The molecule has 0 spiro atoms. The highest BCUT2D eigenvalue weighted by atomic mass is 35.5. The molecule has 0 aliphatic carbocycles. The van der Waals surface area contributed by atoms with E-state index >= 15 is 0 Å². The van der Waals surface area contributed by atoms with Gasteiger partial charge in [0.25, 0.3) is 0 Å². The molecular weight excluding hydrogens is 547 g/mol. The van der Waals surface area contributed by atoms with Crippen LogP contribution in [0.3, 0.4) is 0 Å². The summed E-state index contributed by atoms with van der Waals surface area (Å²) in [7, 11) is 0. The van der Waals surface area contributed by atoms with Crippen molar-refractivity contribution in [1.29, 1.82) is 5.26 Å². The zero-order chi connectivity index (χ0) is 28.9. The molecular formula is C32H24ClFN2O5. The van der Waals surface area contributed by atoms with Gasteiger partial charge in [0.15, 0.2) is 11.5 Å². The molecule has 2 N–H and O–H groups in total. The summed E-state index contributed by atoms with van der Waals surface area (Å²) in [5, 5.41) is 10.4. The van der Waals surface area contributed by atoms with E-state index in [0.29, 0.717) is 40.0 Å². The minimum Gasteiger partial charge on any atom is -0.490 e. The first-order valence-electron chi connectivity index (χ1n) is 12.7. The van der Waals surface area contributed by atoms with Crippen molar-refractivity contribution < 1.29 is 28.1 Å². The largest absolute Gasteiger partial charge is 0.490 e. The zero-order valence-electron chi connectivity index (χ0n) is 21.9. The van der Waals surface area contributed by atoms with Crippen LogP contribution < -0.4 is 24.7 Å². The van der Waals surface area contributed by atoms with Crippen molar-refractivity contribution in [3.63, 3.8) is 0 Å². The third-order valence-corrected chi connectivity index (χ3v) is 6.61. The summed E-state index contributed by atoms with van der Waals surface area (Å²) in [5.74, 6) is 0.00642. The summed E-state index contributed by atoms with van der Waals surface area (Å²) in [6.45, 7) is 2.45. The fraction of sp³-hybridized carbons (Fsp3) is 0.125. The number of hydrogen-bond donors (Lipinski definition) is 1. The molecule has 1 atom stereocenters. The molecule has 206 valence electrons. The second-order valence-corrected chi connectivity index (χ2v) is 9.52. The van der Waals surface area contributed by atoms with Gasteiger partial charge < -0.3 is 24.7 Å². The van der Waals surface area contributed by atoms with E-state index in [1.165, 1.54) is 18.2 Å². The van der Waals surface area contributed by atoms with Gasteiger partial charge in [-0.05, 0) is 66.6 Å². The number of nitriles is 1. The molecule has 41 heavy (non-hydrogen) atoms. The molecule has 1 unspecified atom stereocenters. The summed E-state index contributed by atoms with van der Waals surface area (Å²) in [4.78, 5) is 12.6. The molecule has 0 saturated carbocycles. The van der Waals surface area contributed by atoms with Crippen LogP contribution in [0.2, 0.25) is 5.02 Å². The first kappa shape index (κ1) is 27.6. The Hall–Kier alpha value is -5.00. The maximum absolute atomic E-state index is 13.3. The molecule has 1 aliphatic heterocycles. The number of benzene rings is 4. The van der Waals surface area contributed by atoms with Gasteiger partial charge in [-0.15, -0.1) is 0 Å². The molecule has 7 nitrogen and oxygen atoms in total. The van der Waals surface area contributed by atoms with Gasteiger partial charge in [0.2, 0.25) is 5.88 Å². The lowest BCUT2D eigenvalue weighted by molar-refractivity contribution is 0.0734. The Morgan fingerprint density at radius 3 is 2.56 bits per heavy atom. The number of nitrogens with two attached hydrogens (primary N) is 1. The van der Waals surface area contributed by atoms with Crippen LogP contribution in [0.15, 0.2) is 96.4 Å². The molecule has 0 amide bonds. The topological polar surface area (TPSA) is 104 Å². The number of hydrogen-bond acceptors (Lipinski definition) is 7. The van der Waals surface area contributed by atoms with Crippen LogP contribution in [0.1, 0.15) is 39.9 Å². The number of halogens is 2. The third kappa shape index (κ3) is 6.11. The minimum absolute atomic E-state index is 0.0575. The Labute approximate surface area is 241 Å². The highest BCUT2D eigenvalue weighted by Crippen LogP contribution is 2.45. The Morgan fingerprint density at radius 2 is 1.83 bits per heavy atom. The molecule has 0 radical (unpaired) electrons. The van der Waals surface area contributed by atoms with Crippen molar-refractivity contribution in [2.75, 3.05) is 6.61 Å². The summed E-state index contributed by atoms with van der Waals surface area (Å²) in [5.41, 5.74) is 8.86. The molecule has 4 aromatic carbocycles. The van der Waals surface area contributed by atoms with E-state index in [2.05, 4.69) is 6.07 Å². The minimum atomic E-state index is -0.585. The lowest BCUT2D eigenvalue weighted by Crippen LogP contribution is -2.21. The number of ether oxygens (including phenoxy) is 4. The van der Waals surface area contributed by atoms with E-state index < -0.39 is 11.9 Å². The normalized spacial score (nSPS) is 14.0. The average molecular weight is 571 g/mol. The molecule has 5 rings (SSSR count). The molecule has 1 heterocycles. The second kappa shape index (κ2) is 12.0. The number of carbonyl (C=O) groups excluding carboxylic acids is 1. The van der Waals surface area contributed by atoms with Gasteiger partial charge in [-0.3, -0.25) is 0 Å². The fourth-order valence-electron chi connectivity index (χ4n) is 4.46. The summed E-state index contributed by atoms with van der Waals surface area (Å²) in [6.07, 6.45) is 0. The molecule has 1 aliphatic rings. The van der Waals surface area contributed by atoms with E-state index in [1.54, 1.807) is 60.7 Å². The van der Waals surface area contributed by atoms with Crippen LogP contribution >= 0.6 is 11.6 Å². The lowest BCUT2D eigenvalue weighted by atomic mass is 9.83. The Balaban J connectivity index is 1.44. The maximum atomic E-state index is 13.3. The molecule has 0 saturated heterocycles. The molecule has 0 aromatic heterocycles. The van der Waals surface area contributed by atoms with E-state index in [-0.39, 0.29) is 29.6 Å². The first-order chi connectivity index (χ1) is 19.9. The van der Waals surface area contributed by atoms with Gasteiger partial charge in [-0.2, -0.15) is 5.26 Å². The standard InChI is InChI=1S/C32H24ClFN2O5/c1-2-38-29-15-20(8-13-27(29)39-18-19-6-9-23(34)10-7-19)30-25-12-11-24(16-28(25)41-31(36)26(30)17-35)40-32(37)21-4-3-5-22(33)14-21/h3-16,30H,2,18,36H2,1H3. The monoisotopic (exact) mass is 570 g/mol. The average Bonchev–Trinajstić information content (AvgIpc) is 2.96. The Bertz CT molecular complexity index is 1680. The van der Waals surface area contributed by atoms with Crippen LogP contribution in [0, 0.1) is 17.1 Å². The molecule has 4 aromatic rings. The summed E-state index contributed by atoms with van der Waals surface area (Å²) in [6, 6.07) is 24.9. The van der Waals surface area contributed by atoms with E-state index in [4.69, 9.17) is 36.3 Å². The van der Waals surface area contributed by atoms with Gasteiger partial charge in [0, 0.05) is 16.7 Å². The van der Waals surface area contributed by atoms with Crippen LogP contribution in [0.4, 0.5) is 4.39 Å². The fourth-order valence-corrected chi connectivity index (χ4v) is 4.65. The molecule has 0 bridgehead atoms. The highest BCUT2D eigenvalue weighted by molar-refractivity contribution is 6.30. The first-order valence-corrected chi connectivity index (χ1v) is 13.1. The van der Waals surface area contributed by atoms with Crippen molar-refractivity contribution in [3.05, 3.63) is 129 Å². The third-order valence-electron chi connectivity index (χ3n) is 6.37. The Kier molecular flexibility index (Phi) is 8.09. The number of nitrogens with zero attached hydrogens (tertiary/aromatic N) is 1. The van der Waals surface area contributed by atoms with E-state index in [0.717, 1.165) is 11.1 Å². The SMILES string of the molecule is CCOc1cc(C2C(C#N)=C(N)Oc3cc(OC(=O)c4cccc(Cl)c4)ccc32)ccc1OCc1ccc(F)cc1. The number of allylic oxidation sites excluding steroid dienone is 1. The molecule has 9 heteroatoms. The van der Waals surface area contributed by atoms with Crippen LogP contribution in [-0.2, 0) is 6.61 Å². The number of rotatable bonds is 8. The maximum Gasteiger partial charge on any atom is 0.343 e. The molecule has 0 fully saturated rings. The van der Waals surface area contributed by atoms with Crippen molar-refractivity contribution in [2.45, 2.75) is 19.4 Å². The van der Waals surface area contributed by atoms with Crippen molar-refractivity contribution in [2.24, 2.45) is 5.73 Å². The van der Waals surface area contributed by atoms with Gasteiger partial charge in [-0.1, -0.05) is 41.9 Å². The second-order valence-electron chi connectivity index (χ2n) is 9.08. The predicted molar refractivity (Wildman–Crippen MR) is 150 cm³/mol. The predicted octanol–water partition coefficient (Wildman–Crippen LogP) is 6.89. The van der Waals surface area contributed by atoms with Crippen molar-refractivity contribution >= 4 is 17.6 Å². The van der Waals surface area contributed by atoms with Crippen LogP contribution in [0.5, 0.6) is 23.0 Å². The van der Waals surface area contributed by atoms with Crippen molar-refractivity contribution in [3.8, 4) is 29.1 Å². The van der Waals surface area contributed by atoms with E-state index in [9.17, 15) is 14.4 Å². The van der Waals surface area contributed by atoms with Gasteiger partial charge in [0.05, 0.1) is 18.1 Å². The highest BCUT2D eigenvalue weighted by Gasteiger charge is 2.32. The zero-order valence-corrected chi connectivity index (χ0v) is 22.7. The van der Waals surface area contributed by atoms with Crippen LogP contribution in [-0.4, -0.2) is 12.6 Å². The number of fused-ring (bicyclic) bond motifs is 1. The van der Waals surface area contributed by atoms with Crippen molar-refractivity contribution in [1.82, 2.24) is 0 Å². The summed E-state index contributed by atoms with van der Waals surface area (Å²) >= 11 is 5.99. The number of carbonyl (C=O) groups is 1. The van der Waals surface area contributed by atoms with Gasteiger partial charge in [0.1, 0.15) is 35.6 Å². The van der Waals surface area contributed by atoms with Crippen LogP contribution in [0.25, 0.3) is 0 Å². The number of esters is 1.